The van der Waals surface area contributed by atoms with Crippen molar-refractivity contribution in [3.8, 4) is 0 Å². The monoisotopic (exact) mass is 482 g/mol. The number of hydrogen-bond acceptors (Lipinski definition) is 5. The lowest BCUT2D eigenvalue weighted by Crippen LogP contribution is -2.39. The van der Waals surface area contributed by atoms with Gasteiger partial charge in [0.2, 0.25) is 0 Å². The molecule has 28 heavy (non-hydrogen) atoms. The molecular formula is C20H20BrFN2O2S2. The van der Waals surface area contributed by atoms with Gasteiger partial charge in [-0.3, -0.25) is 4.99 Å². The lowest BCUT2D eigenvalue weighted by Gasteiger charge is -2.27. The second-order valence-corrected chi connectivity index (χ2v) is 11.3. The van der Waals surface area contributed by atoms with Gasteiger partial charge in [-0.05, 0) is 54.8 Å². The fourth-order valence-corrected chi connectivity index (χ4v) is 6.88. The first kappa shape index (κ1) is 19.9. The van der Waals surface area contributed by atoms with Gasteiger partial charge in [-0.1, -0.05) is 39.8 Å². The van der Waals surface area contributed by atoms with Crippen LogP contribution in [0.2, 0.25) is 0 Å². The van der Waals surface area contributed by atoms with Gasteiger partial charge in [0.1, 0.15) is 5.82 Å². The first-order valence-corrected chi connectivity index (χ1v) is 12.5. The number of rotatable bonds is 3. The smallest absolute Gasteiger partial charge is 0.164 e. The summed E-state index contributed by atoms with van der Waals surface area (Å²) in [7, 11) is -3.09. The second kappa shape index (κ2) is 7.46. The van der Waals surface area contributed by atoms with Crippen molar-refractivity contribution in [1.82, 2.24) is 0 Å². The van der Waals surface area contributed by atoms with Crippen molar-refractivity contribution in [2.75, 3.05) is 16.4 Å². The molecule has 4 rings (SSSR count). The van der Waals surface area contributed by atoms with Crippen molar-refractivity contribution in [2.45, 2.75) is 31.7 Å². The van der Waals surface area contributed by atoms with E-state index in [2.05, 4.69) is 22.0 Å². The largest absolute Gasteiger partial charge is 0.315 e. The number of aliphatic imine (C=N–C) groups is 1. The van der Waals surface area contributed by atoms with E-state index in [0.717, 1.165) is 16.4 Å². The summed E-state index contributed by atoms with van der Waals surface area (Å²) in [5.41, 5.74) is 3.86. The number of amidine groups is 1. The number of aryl methyl sites for hydroxylation is 2. The van der Waals surface area contributed by atoms with Gasteiger partial charge in [0.05, 0.1) is 23.6 Å². The zero-order chi connectivity index (χ0) is 20.1. The molecule has 2 aromatic rings. The molecule has 0 unspecified atom stereocenters. The molecule has 0 radical (unpaired) electrons. The van der Waals surface area contributed by atoms with Crippen LogP contribution in [0.5, 0.6) is 0 Å². The molecule has 0 aliphatic carbocycles. The predicted octanol–water partition coefficient (Wildman–Crippen LogP) is 4.48. The van der Waals surface area contributed by atoms with Gasteiger partial charge in [0.15, 0.2) is 15.0 Å². The predicted molar refractivity (Wildman–Crippen MR) is 117 cm³/mol. The summed E-state index contributed by atoms with van der Waals surface area (Å²) in [5.74, 6) is 0.354. The van der Waals surface area contributed by atoms with Crippen LogP contribution in [-0.4, -0.2) is 37.2 Å². The van der Waals surface area contributed by atoms with Crippen LogP contribution in [-0.2, 0) is 15.6 Å². The van der Waals surface area contributed by atoms with Gasteiger partial charge in [0.25, 0.3) is 0 Å². The average Bonchev–Trinajstić information content (AvgIpc) is 3.08. The molecule has 4 nitrogen and oxygen atoms in total. The standard InChI is InChI=1S/C20H20BrFN2O2S2/c1-12-3-6-16(7-13(12)2)24-19-11-28(25,26)10-18(19)23-20(24)27-9-14-4-5-15(21)8-17(14)22/h3-8,18-19H,9-11H2,1-2H3/t18-,19+/m0/s1. The molecule has 0 amide bonds. The second-order valence-electron chi connectivity index (χ2n) is 7.29. The maximum Gasteiger partial charge on any atom is 0.164 e. The normalized spacial score (nSPS) is 23.0. The van der Waals surface area contributed by atoms with Gasteiger partial charge >= 0.3 is 0 Å². The molecular weight excluding hydrogens is 463 g/mol. The van der Waals surface area contributed by atoms with Crippen LogP contribution >= 0.6 is 27.7 Å². The fraction of sp³-hybridized carbons (Fsp3) is 0.350. The quantitative estimate of drug-likeness (QED) is 0.646. The van der Waals surface area contributed by atoms with Crippen LogP contribution < -0.4 is 4.90 Å². The molecule has 2 aliphatic rings. The molecule has 148 valence electrons. The molecule has 8 heteroatoms. The van der Waals surface area contributed by atoms with Crippen LogP contribution in [0.25, 0.3) is 0 Å². The zero-order valence-electron chi connectivity index (χ0n) is 15.5. The minimum atomic E-state index is -3.09. The Labute approximate surface area is 177 Å². The highest BCUT2D eigenvalue weighted by molar-refractivity contribution is 9.10. The number of benzene rings is 2. The number of thioether (sulfide) groups is 1. The lowest BCUT2D eigenvalue weighted by atomic mass is 10.1. The van der Waals surface area contributed by atoms with E-state index in [0.29, 0.717) is 15.8 Å². The van der Waals surface area contributed by atoms with Gasteiger partial charge in [-0.15, -0.1) is 0 Å². The van der Waals surface area contributed by atoms with Gasteiger partial charge in [-0.2, -0.15) is 0 Å². The number of fused-ring (bicyclic) bond motifs is 1. The maximum atomic E-state index is 14.2. The zero-order valence-corrected chi connectivity index (χ0v) is 18.7. The Balaban J connectivity index is 1.64. The van der Waals surface area contributed by atoms with E-state index in [9.17, 15) is 12.8 Å². The molecule has 1 saturated heterocycles. The van der Waals surface area contributed by atoms with E-state index in [1.165, 1.54) is 23.4 Å². The molecule has 2 aliphatic heterocycles. The number of hydrogen-bond donors (Lipinski definition) is 0. The minimum Gasteiger partial charge on any atom is -0.315 e. The summed E-state index contributed by atoms with van der Waals surface area (Å²) in [5, 5.41) is 0.760. The lowest BCUT2D eigenvalue weighted by molar-refractivity contribution is 0.601. The molecule has 1 fully saturated rings. The number of halogens is 2. The summed E-state index contributed by atoms with van der Waals surface area (Å²) in [6, 6.07) is 10.7. The minimum absolute atomic E-state index is 0.0791. The summed E-state index contributed by atoms with van der Waals surface area (Å²) in [6.07, 6.45) is 0. The first-order chi connectivity index (χ1) is 13.2. The SMILES string of the molecule is Cc1ccc(N2C(SCc3ccc(Br)cc3F)=N[C@H]3CS(=O)(=O)C[C@H]32)cc1C. The Morgan fingerprint density at radius 3 is 2.68 bits per heavy atom. The highest BCUT2D eigenvalue weighted by atomic mass is 79.9. The van der Waals surface area contributed by atoms with Gasteiger partial charge in [0, 0.05) is 15.9 Å². The Morgan fingerprint density at radius 2 is 1.96 bits per heavy atom. The van der Waals surface area contributed by atoms with Gasteiger partial charge in [-0.25, -0.2) is 12.8 Å². The Hall–Kier alpha value is -1.38. The third kappa shape index (κ3) is 3.86. The molecule has 2 aromatic carbocycles. The van der Waals surface area contributed by atoms with Crippen molar-refractivity contribution in [2.24, 2.45) is 4.99 Å². The van der Waals surface area contributed by atoms with E-state index in [4.69, 9.17) is 4.99 Å². The molecule has 0 aromatic heterocycles. The van der Waals surface area contributed by atoms with Crippen LogP contribution in [0.15, 0.2) is 45.9 Å². The summed E-state index contributed by atoms with van der Waals surface area (Å²) in [6.45, 7) is 4.09. The van der Waals surface area contributed by atoms with Crippen LogP contribution in [0, 0.1) is 19.7 Å². The Kier molecular flexibility index (Phi) is 5.31. The van der Waals surface area contributed by atoms with Crippen molar-refractivity contribution in [3.63, 3.8) is 0 Å². The van der Waals surface area contributed by atoms with Crippen LogP contribution in [0.4, 0.5) is 10.1 Å². The van der Waals surface area contributed by atoms with E-state index in [1.807, 2.05) is 36.9 Å². The highest BCUT2D eigenvalue weighted by Gasteiger charge is 2.47. The van der Waals surface area contributed by atoms with E-state index >= 15 is 0 Å². The molecule has 0 bridgehead atoms. The third-order valence-electron chi connectivity index (χ3n) is 5.25. The molecule has 0 spiro atoms. The number of sulfone groups is 1. The Morgan fingerprint density at radius 1 is 1.18 bits per heavy atom. The van der Waals surface area contributed by atoms with Crippen molar-refractivity contribution in [3.05, 3.63) is 63.4 Å². The fourth-order valence-electron chi connectivity index (χ4n) is 3.59. The average molecular weight is 483 g/mol. The first-order valence-electron chi connectivity index (χ1n) is 8.95. The van der Waals surface area contributed by atoms with Crippen molar-refractivity contribution < 1.29 is 12.8 Å². The summed E-state index contributed by atoms with van der Waals surface area (Å²) < 4.78 is 39.2. The van der Waals surface area contributed by atoms with Gasteiger partial charge < -0.3 is 4.90 Å². The summed E-state index contributed by atoms with van der Waals surface area (Å²) >= 11 is 4.73. The number of anilines is 1. The highest BCUT2D eigenvalue weighted by Crippen LogP contribution is 2.36. The number of nitrogens with zero attached hydrogens (tertiary/aromatic N) is 2. The maximum absolute atomic E-state index is 14.2. The van der Waals surface area contributed by atoms with E-state index < -0.39 is 9.84 Å². The molecule has 0 N–H and O–H groups in total. The van der Waals surface area contributed by atoms with Crippen molar-refractivity contribution in [1.29, 1.82) is 0 Å². The molecule has 2 heterocycles. The van der Waals surface area contributed by atoms with E-state index in [1.54, 1.807) is 6.07 Å². The molecule has 0 saturated carbocycles. The van der Waals surface area contributed by atoms with Crippen molar-refractivity contribution >= 4 is 48.4 Å². The van der Waals surface area contributed by atoms with Crippen LogP contribution in [0.1, 0.15) is 16.7 Å². The van der Waals surface area contributed by atoms with E-state index in [-0.39, 0.29) is 29.4 Å². The third-order valence-corrected chi connectivity index (χ3v) is 8.46. The topological polar surface area (TPSA) is 49.7 Å². The van der Waals surface area contributed by atoms with Crippen LogP contribution in [0.3, 0.4) is 0 Å². The summed E-state index contributed by atoms with van der Waals surface area (Å²) in [4.78, 5) is 6.74. The Bertz CT molecular complexity index is 1070. The molecule has 2 atom stereocenters.